The summed E-state index contributed by atoms with van der Waals surface area (Å²) in [5, 5.41) is 16.5. The van der Waals surface area contributed by atoms with Gasteiger partial charge in [0.15, 0.2) is 0 Å². The Bertz CT molecular complexity index is 425. The highest BCUT2D eigenvalue weighted by Crippen LogP contribution is 2.76. The Morgan fingerprint density at radius 3 is 2.64 bits per heavy atom. The Labute approximate surface area is 134 Å². The van der Waals surface area contributed by atoms with Gasteiger partial charge in [-0.3, -0.25) is 4.79 Å². The lowest BCUT2D eigenvalue weighted by Gasteiger charge is -2.41. The van der Waals surface area contributed by atoms with Crippen LogP contribution in [0, 0.1) is 28.8 Å². The van der Waals surface area contributed by atoms with Crippen LogP contribution in [0.4, 0.5) is 0 Å². The van der Waals surface area contributed by atoms with E-state index < -0.39 is 5.97 Å². The monoisotopic (exact) mass is 307 g/mol. The Hall–Kier alpha value is -1.50. The maximum absolute atomic E-state index is 9.94. The van der Waals surface area contributed by atoms with Crippen LogP contribution in [0.25, 0.3) is 0 Å². The van der Waals surface area contributed by atoms with Crippen molar-refractivity contribution in [1.82, 2.24) is 0 Å². The predicted molar refractivity (Wildman–Crippen MR) is 86.0 cm³/mol. The van der Waals surface area contributed by atoms with Gasteiger partial charge in [-0.05, 0) is 56.8 Å². The van der Waals surface area contributed by atoms with E-state index in [4.69, 9.17) is 15.1 Å². The smallest absolute Gasteiger partial charge is 0.303 e. The van der Waals surface area contributed by atoms with Crippen LogP contribution < -0.4 is 0 Å². The van der Waals surface area contributed by atoms with Crippen molar-refractivity contribution in [2.45, 2.75) is 71.8 Å². The van der Waals surface area contributed by atoms with Crippen molar-refractivity contribution in [2.24, 2.45) is 17.3 Å². The quantitative estimate of drug-likeness (QED) is 0.460. The Morgan fingerprint density at radius 2 is 2.14 bits per heavy atom. The van der Waals surface area contributed by atoms with Gasteiger partial charge in [0.1, 0.15) is 6.10 Å². The zero-order chi connectivity index (χ0) is 16.6. The molecule has 124 valence electrons. The average molecular weight is 307 g/mol. The number of carboxylic acid groups (broad SMARTS) is 1. The first-order valence-electron chi connectivity index (χ1n) is 8.51. The minimum absolute atomic E-state index is 0.282. The topological polar surface area (TPSA) is 70.3 Å². The highest BCUT2D eigenvalue weighted by molar-refractivity contribution is 5.66. The second-order valence-corrected chi connectivity index (χ2v) is 6.12. The first-order chi connectivity index (χ1) is 10.6. The van der Waals surface area contributed by atoms with E-state index in [1.165, 1.54) is 25.7 Å². The van der Waals surface area contributed by atoms with E-state index >= 15 is 0 Å². The van der Waals surface area contributed by atoms with E-state index in [0.29, 0.717) is 11.5 Å². The van der Waals surface area contributed by atoms with Gasteiger partial charge in [0.2, 0.25) is 0 Å². The number of nitriles is 1. The lowest BCUT2D eigenvalue weighted by molar-refractivity contribution is -0.137. The molecule has 4 unspecified atom stereocenters. The van der Waals surface area contributed by atoms with Gasteiger partial charge in [0.05, 0.1) is 0 Å². The van der Waals surface area contributed by atoms with Gasteiger partial charge in [0.25, 0.3) is 6.26 Å². The molecule has 0 radical (unpaired) electrons. The van der Waals surface area contributed by atoms with Gasteiger partial charge in [-0.15, -0.1) is 0 Å². The summed E-state index contributed by atoms with van der Waals surface area (Å²) in [6.45, 7) is 5.93. The molecule has 0 heterocycles. The Morgan fingerprint density at radius 1 is 1.41 bits per heavy atom. The molecule has 4 atom stereocenters. The molecule has 4 nitrogen and oxygen atoms in total. The third-order valence-electron chi connectivity index (χ3n) is 5.08. The summed E-state index contributed by atoms with van der Waals surface area (Å²) < 4.78 is 4.99. The number of nitrogens with zero attached hydrogens (tertiary/aromatic N) is 1. The average Bonchev–Trinajstić information content (AvgIpc) is 3.16. The normalized spacial score (nSPS) is 32.9. The fourth-order valence-corrected chi connectivity index (χ4v) is 3.95. The zero-order valence-electron chi connectivity index (χ0n) is 14.0. The number of ether oxygens (including phenoxy) is 1. The van der Waals surface area contributed by atoms with Crippen LogP contribution in [-0.2, 0) is 9.53 Å². The molecule has 3 aliphatic rings. The molecular weight excluding hydrogens is 278 g/mol. The number of hydrogen-bond acceptors (Lipinski definition) is 3. The number of unbranched alkanes of at least 4 members (excludes halogenated alkanes) is 1. The van der Waals surface area contributed by atoms with Crippen LogP contribution >= 0.6 is 0 Å². The van der Waals surface area contributed by atoms with Crippen LogP contribution in [0.3, 0.4) is 0 Å². The van der Waals surface area contributed by atoms with Crippen LogP contribution in [-0.4, -0.2) is 17.2 Å². The van der Waals surface area contributed by atoms with E-state index in [1.54, 1.807) is 0 Å². The Kier molecular flexibility index (Phi) is 7.44. The molecule has 4 heteroatoms. The molecule has 3 rings (SSSR count). The largest absolute Gasteiger partial charge is 0.481 e. The molecule has 0 aromatic carbocycles. The number of aliphatic carboxylic acids is 1. The van der Waals surface area contributed by atoms with Gasteiger partial charge >= 0.3 is 5.97 Å². The number of rotatable bonds is 5. The first kappa shape index (κ1) is 18.5. The summed E-state index contributed by atoms with van der Waals surface area (Å²) in [4.78, 5) is 9.94. The van der Waals surface area contributed by atoms with Gasteiger partial charge in [-0.1, -0.05) is 26.0 Å². The molecule has 3 saturated carbocycles. The maximum Gasteiger partial charge on any atom is 0.303 e. The number of carbonyl (C=O) groups is 1. The van der Waals surface area contributed by atoms with E-state index in [-0.39, 0.29) is 6.42 Å². The molecule has 0 saturated heterocycles. The van der Waals surface area contributed by atoms with E-state index in [9.17, 15) is 4.79 Å². The zero-order valence-corrected chi connectivity index (χ0v) is 14.0. The van der Waals surface area contributed by atoms with Gasteiger partial charge in [0, 0.05) is 12.3 Å². The maximum atomic E-state index is 9.94. The molecule has 0 aromatic rings. The standard InChI is InChI=1S/C9H11NO.C7H12O2.C2H6/c10-5-11-8-4-9-3-6(9)1-2-7(8)9;1-2-3-4-5-6-7(8)9;1-2/h6-8H,1-4H2;2-3H,4-6H2,1H3,(H,8,9);1-2H3/b;3-2-;. The second kappa shape index (κ2) is 8.82. The first-order valence-corrected chi connectivity index (χ1v) is 8.51. The molecule has 3 fully saturated rings. The van der Waals surface area contributed by atoms with Crippen LogP contribution in [0.15, 0.2) is 12.2 Å². The summed E-state index contributed by atoms with van der Waals surface area (Å²) in [6.07, 6.45) is 13.3. The second-order valence-electron chi connectivity index (χ2n) is 6.12. The number of hydrogen-bond donors (Lipinski definition) is 1. The molecule has 0 bridgehead atoms. The minimum Gasteiger partial charge on any atom is -0.481 e. The third-order valence-corrected chi connectivity index (χ3v) is 5.08. The lowest BCUT2D eigenvalue weighted by Crippen LogP contribution is -2.42. The molecule has 22 heavy (non-hydrogen) atoms. The molecule has 0 aromatic heterocycles. The van der Waals surface area contributed by atoms with Crippen LogP contribution in [0.1, 0.15) is 65.7 Å². The van der Waals surface area contributed by atoms with Crippen molar-refractivity contribution in [3.63, 3.8) is 0 Å². The van der Waals surface area contributed by atoms with Crippen molar-refractivity contribution in [3.8, 4) is 6.26 Å². The number of carboxylic acids is 1. The summed E-state index contributed by atoms with van der Waals surface area (Å²) in [5.74, 6) is 1.07. The van der Waals surface area contributed by atoms with Crippen molar-refractivity contribution >= 4 is 5.97 Å². The predicted octanol–water partition coefficient (Wildman–Crippen LogP) is 4.52. The fourth-order valence-electron chi connectivity index (χ4n) is 3.95. The van der Waals surface area contributed by atoms with Gasteiger partial charge < -0.3 is 9.84 Å². The molecule has 1 spiro atoms. The molecule has 0 amide bonds. The van der Waals surface area contributed by atoms with E-state index in [0.717, 1.165) is 24.7 Å². The van der Waals surface area contributed by atoms with Crippen molar-refractivity contribution in [2.75, 3.05) is 0 Å². The van der Waals surface area contributed by atoms with Gasteiger partial charge in [-0.25, -0.2) is 0 Å². The van der Waals surface area contributed by atoms with Gasteiger partial charge in [-0.2, -0.15) is 5.26 Å². The summed E-state index contributed by atoms with van der Waals surface area (Å²) in [5.41, 5.74) is 0.696. The fraction of sp³-hybridized carbons (Fsp3) is 0.778. The highest BCUT2D eigenvalue weighted by atomic mass is 16.5. The van der Waals surface area contributed by atoms with Crippen molar-refractivity contribution < 1.29 is 14.6 Å². The van der Waals surface area contributed by atoms with Crippen LogP contribution in [0.2, 0.25) is 0 Å². The molecule has 0 aliphatic heterocycles. The number of allylic oxidation sites excluding steroid dienone is 2. The van der Waals surface area contributed by atoms with Crippen molar-refractivity contribution in [1.29, 1.82) is 5.26 Å². The molecule has 1 N–H and O–H groups in total. The van der Waals surface area contributed by atoms with E-state index in [2.05, 4.69) is 0 Å². The SMILES string of the molecule is C/C=C\CCCC(=O)O.CC.N#COC1CC23CC2CCC13. The summed E-state index contributed by atoms with van der Waals surface area (Å²) in [6, 6.07) is 0. The molecular formula is C18H29NO3. The van der Waals surface area contributed by atoms with Crippen molar-refractivity contribution in [3.05, 3.63) is 12.2 Å². The lowest BCUT2D eigenvalue weighted by atomic mass is 9.68. The third kappa shape index (κ3) is 4.25. The molecule has 3 aliphatic carbocycles. The summed E-state index contributed by atoms with van der Waals surface area (Å²) >= 11 is 0. The minimum atomic E-state index is -0.709. The van der Waals surface area contributed by atoms with Crippen LogP contribution in [0.5, 0.6) is 0 Å². The van der Waals surface area contributed by atoms with E-state index in [1.807, 2.05) is 39.2 Å². The highest BCUT2D eigenvalue weighted by Gasteiger charge is 2.71. The summed E-state index contributed by atoms with van der Waals surface area (Å²) in [7, 11) is 0. The Balaban J connectivity index is 0.000000203.